The second kappa shape index (κ2) is 7.83. The molecule has 0 aliphatic carbocycles. The summed E-state index contributed by atoms with van der Waals surface area (Å²) in [5, 5.41) is 18.6. The normalized spacial score (nSPS) is 21.8. The Kier molecular flexibility index (Phi) is 5.02. The summed E-state index contributed by atoms with van der Waals surface area (Å²) >= 11 is 6.49. The lowest BCUT2D eigenvalue weighted by molar-refractivity contribution is -0.123. The number of likely N-dealkylation sites (tertiary alicyclic amines) is 1. The number of piperazine rings is 1. The van der Waals surface area contributed by atoms with E-state index in [0.717, 1.165) is 25.1 Å². The van der Waals surface area contributed by atoms with Gasteiger partial charge in [-0.25, -0.2) is 0 Å². The third-order valence-corrected chi connectivity index (χ3v) is 6.31. The molecule has 3 aromatic rings. The largest absolute Gasteiger partial charge is 0.505 e. The summed E-state index contributed by atoms with van der Waals surface area (Å²) in [5.41, 5.74) is 1.67. The van der Waals surface area contributed by atoms with Gasteiger partial charge in [0.1, 0.15) is 11.3 Å². The molecule has 0 radical (unpaired) electrons. The molecule has 2 aliphatic rings. The van der Waals surface area contributed by atoms with Crippen molar-refractivity contribution in [3.8, 4) is 5.75 Å². The van der Waals surface area contributed by atoms with Crippen LogP contribution in [0.15, 0.2) is 48.9 Å². The van der Waals surface area contributed by atoms with Crippen LogP contribution in [0.3, 0.4) is 0 Å². The van der Waals surface area contributed by atoms with E-state index in [1.54, 1.807) is 36.8 Å². The molecule has 2 fully saturated rings. The van der Waals surface area contributed by atoms with Crippen molar-refractivity contribution >= 4 is 28.4 Å². The van der Waals surface area contributed by atoms with Crippen LogP contribution in [-0.2, 0) is 4.79 Å². The van der Waals surface area contributed by atoms with Crippen molar-refractivity contribution in [1.29, 1.82) is 0 Å². The van der Waals surface area contributed by atoms with E-state index in [1.165, 1.54) is 0 Å². The van der Waals surface area contributed by atoms with Gasteiger partial charge in [0.2, 0.25) is 5.91 Å². The van der Waals surface area contributed by atoms with Gasteiger partial charge in [-0.1, -0.05) is 17.7 Å². The van der Waals surface area contributed by atoms with Crippen LogP contribution < -0.4 is 10.6 Å². The van der Waals surface area contributed by atoms with Crippen molar-refractivity contribution in [2.45, 2.75) is 24.5 Å². The Hall–Kier alpha value is -2.74. The SMILES string of the molecule is O=C(CN1CC2CC1CN2)NC(c1cccnc1)c1cc(Cl)c2cccnc2c1O. The summed E-state index contributed by atoms with van der Waals surface area (Å²) < 4.78 is 0. The number of aromatic nitrogens is 2. The maximum Gasteiger partial charge on any atom is 0.234 e. The number of amides is 1. The predicted octanol–water partition coefficient (Wildman–Crippen LogP) is 2.24. The maximum absolute atomic E-state index is 13.0. The summed E-state index contributed by atoms with van der Waals surface area (Å²) in [5.74, 6) is -0.0957. The number of nitrogens with zero attached hydrogens (tertiary/aromatic N) is 3. The molecule has 8 heteroatoms. The van der Waals surface area contributed by atoms with Crippen LogP contribution in [0.1, 0.15) is 23.6 Å². The standard InChI is InChI=1S/C22H22ClN5O2/c23-18-8-17(22(30)21-16(18)4-2-6-25-21)20(13-3-1-5-24-9-13)27-19(29)12-28-11-14-7-15(28)10-26-14/h1-6,8-9,14-15,20,26,30H,7,10-12H2,(H,27,29). The number of hydrogen-bond donors (Lipinski definition) is 3. The molecule has 5 rings (SSSR count). The number of nitrogens with one attached hydrogen (secondary N) is 2. The summed E-state index contributed by atoms with van der Waals surface area (Å²) in [6, 6.07) is 9.24. The quantitative estimate of drug-likeness (QED) is 0.583. The van der Waals surface area contributed by atoms with Gasteiger partial charge in [-0.15, -0.1) is 0 Å². The van der Waals surface area contributed by atoms with E-state index in [0.29, 0.717) is 40.1 Å². The van der Waals surface area contributed by atoms with Gasteiger partial charge in [-0.2, -0.15) is 0 Å². The highest BCUT2D eigenvalue weighted by atomic mass is 35.5. The molecule has 3 N–H and O–H groups in total. The highest BCUT2D eigenvalue weighted by Gasteiger charge is 2.38. The Labute approximate surface area is 179 Å². The Balaban J connectivity index is 1.48. The van der Waals surface area contributed by atoms with Crippen LogP contribution in [0.25, 0.3) is 10.9 Å². The zero-order valence-electron chi connectivity index (χ0n) is 16.3. The molecular formula is C22H22ClN5O2. The van der Waals surface area contributed by atoms with E-state index >= 15 is 0 Å². The molecule has 0 saturated carbocycles. The average molecular weight is 424 g/mol. The molecule has 0 spiro atoms. The van der Waals surface area contributed by atoms with Crippen molar-refractivity contribution < 1.29 is 9.90 Å². The number of phenolic OH excluding ortho intramolecular Hbond substituents is 1. The number of carbonyl (C=O) groups is 1. The van der Waals surface area contributed by atoms with Gasteiger partial charge in [0, 0.05) is 54.7 Å². The van der Waals surface area contributed by atoms with Gasteiger partial charge in [0.05, 0.1) is 17.6 Å². The first kappa shape index (κ1) is 19.2. The molecule has 2 aromatic heterocycles. The molecule has 2 aliphatic heterocycles. The second-order valence-electron chi connectivity index (χ2n) is 7.91. The number of hydrogen-bond acceptors (Lipinski definition) is 6. The average Bonchev–Trinajstić information content (AvgIpc) is 3.39. The number of halogens is 1. The summed E-state index contributed by atoms with van der Waals surface area (Å²) in [6.07, 6.45) is 6.05. The minimum atomic E-state index is -0.590. The monoisotopic (exact) mass is 423 g/mol. The fourth-order valence-electron chi connectivity index (χ4n) is 4.55. The first-order chi connectivity index (χ1) is 14.6. The zero-order valence-corrected chi connectivity index (χ0v) is 17.0. The Bertz CT molecular complexity index is 1090. The maximum atomic E-state index is 13.0. The molecule has 1 amide bonds. The second-order valence-corrected chi connectivity index (χ2v) is 8.31. The van der Waals surface area contributed by atoms with E-state index in [4.69, 9.17) is 11.6 Å². The predicted molar refractivity (Wildman–Crippen MR) is 114 cm³/mol. The van der Waals surface area contributed by atoms with Crippen LogP contribution in [0.5, 0.6) is 5.75 Å². The minimum absolute atomic E-state index is 0.00795. The van der Waals surface area contributed by atoms with Crippen LogP contribution in [0, 0.1) is 0 Å². The molecule has 154 valence electrons. The lowest BCUT2D eigenvalue weighted by Gasteiger charge is -2.28. The van der Waals surface area contributed by atoms with Gasteiger partial charge in [0.15, 0.2) is 0 Å². The summed E-state index contributed by atoms with van der Waals surface area (Å²) in [7, 11) is 0. The Morgan fingerprint density at radius 3 is 2.97 bits per heavy atom. The number of pyridine rings is 2. The molecule has 3 atom stereocenters. The topological polar surface area (TPSA) is 90.4 Å². The fourth-order valence-corrected chi connectivity index (χ4v) is 4.82. The third-order valence-electron chi connectivity index (χ3n) is 6.00. The third kappa shape index (κ3) is 3.49. The molecule has 4 heterocycles. The lowest BCUT2D eigenvalue weighted by Crippen LogP contribution is -2.48. The van der Waals surface area contributed by atoms with Crippen LogP contribution in [0.2, 0.25) is 5.02 Å². The van der Waals surface area contributed by atoms with Crippen molar-refractivity contribution in [1.82, 2.24) is 25.5 Å². The number of aromatic hydroxyl groups is 1. The zero-order chi connectivity index (χ0) is 20.7. The van der Waals surface area contributed by atoms with Gasteiger partial charge >= 0.3 is 0 Å². The van der Waals surface area contributed by atoms with E-state index in [9.17, 15) is 9.90 Å². The molecule has 2 bridgehead atoms. The van der Waals surface area contributed by atoms with Crippen molar-refractivity contribution in [3.05, 3.63) is 65.1 Å². The lowest BCUT2D eigenvalue weighted by atomic mass is 9.97. The van der Waals surface area contributed by atoms with E-state index in [2.05, 4.69) is 25.5 Å². The van der Waals surface area contributed by atoms with Crippen LogP contribution in [-0.4, -0.2) is 57.6 Å². The minimum Gasteiger partial charge on any atom is -0.505 e. The highest BCUT2D eigenvalue weighted by molar-refractivity contribution is 6.35. The number of phenols is 1. The summed E-state index contributed by atoms with van der Waals surface area (Å²) in [6.45, 7) is 2.13. The number of rotatable bonds is 5. The smallest absolute Gasteiger partial charge is 0.234 e. The molecule has 2 saturated heterocycles. The van der Waals surface area contributed by atoms with Crippen LogP contribution in [0.4, 0.5) is 0 Å². The molecule has 7 nitrogen and oxygen atoms in total. The van der Waals surface area contributed by atoms with E-state index in [1.807, 2.05) is 12.1 Å². The number of fused-ring (bicyclic) bond motifs is 3. The van der Waals surface area contributed by atoms with Crippen molar-refractivity contribution in [2.75, 3.05) is 19.6 Å². The highest BCUT2D eigenvalue weighted by Crippen LogP contribution is 2.38. The Morgan fingerprint density at radius 1 is 1.37 bits per heavy atom. The number of benzene rings is 1. The first-order valence-electron chi connectivity index (χ1n) is 10.0. The molecule has 1 aromatic carbocycles. The van der Waals surface area contributed by atoms with E-state index in [-0.39, 0.29) is 11.7 Å². The molecular weight excluding hydrogens is 402 g/mol. The number of carbonyl (C=O) groups excluding carboxylic acids is 1. The first-order valence-corrected chi connectivity index (χ1v) is 10.4. The van der Waals surface area contributed by atoms with E-state index < -0.39 is 6.04 Å². The molecule has 3 unspecified atom stereocenters. The van der Waals surface area contributed by atoms with Crippen LogP contribution >= 0.6 is 11.6 Å². The van der Waals surface area contributed by atoms with Gasteiger partial charge in [0.25, 0.3) is 0 Å². The van der Waals surface area contributed by atoms with Gasteiger partial charge < -0.3 is 15.7 Å². The summed E-state index contributed by atoms with van der Waals surface area (Å²) in [4.78, 5) is 23.7. The molecule has 30 heavy (non-hydrogen) atoms. The van der Waals surface area contributed by atoms with Gasteiger partial charge in [-0.05, 0) is 36.2 Å². The van der Waals surface area contributed by atoms with Crippen molar-refractivity contribution in [3.63, 3.8) is 0 Å². The van der Waals surface area contributed by atoms with Crippen molar-refractivity contribution in [2.24, 2.45) is 0 Å². The Morgan fingerprint density at radius 2 is 2.23 bits per heavy atom. The van der Waals surface area contributed by atoms with Gasteiger partial charge in [-0.3, -0.25) is 19.7 Å². The fraction of sp³-hybridized carbons (Fsp3) is 0.318.